The zero-order valence-electron chi connectivity index (χ0n) is 12.9. The molecule has 136 valence electrons. The molecule has 25 heavy (non-hydrogen) atoms. The van der Waals surface area contributed by atoms with E-state index in [1.54, 1.807) is 0 Å². The van der Waals surface area contributed by atoms with E-state index in [1.165, 1.54) is 0 Å². The van der Waals surface area contributed by atoms with Crippen LogP contribution in [-0.2, 0) is 45.3 Å². The van der Waals surface area contributed by atoms with Gasteiger partial charge in [-0.1, -0.05) is 25.3 Å². The summed E-state index contributed by atoms with van der Waals surface area (Å²) in [5, 5.41) is 0. The Balaban J connectivity index is 0.000000346. The summed E-state index contributed by atoms with van der Waals surface area (Å²) in [6.07, 6.45) is 11.1. The number of H-pyrrole nitrogens is 2. The van der Waals surface area contributed by atoms with Crippen LogP contribution in [-0.4, -0.2) is 0 Å². The zero-order valence-corrected chi connectivity index (χ0v) is 15.4. The summed E-state index contributed by atoms with van der Waals surface area (Å²) in [7, 11) is 0. The molecule has 0 saturated heterocycles. The van der Waals surface area contributed by atoms with Crippen molar-refractivity contribution < 1.29 is 63.6 Å². The SMILES string of the molecule is C=Cc1cc[nH+]cc1.C=Cc1cc[nH+]cc1.[O]=[Cr](=[O])([O-])[O][Cr](=[O])(=[O])[O-]. The molecule has 0 saturated carbocycles. The Bertz CT molecular complexity index is 779. The normalized spacial score (nSPS) is 10.3. The van der Waals surface area contributed by atoms with Gasteiger partial charge in [0.15, 0.2) is 24.8 Å². The number of aromatic nitrogens is 2. The first kappa shape index (κ1) is 22.9. The fourth-order valence-electron chi connectivity index (χ4n) is 1.17. The summed E-state index contributed by atoms with van der Waals surface area (Å²) >= 11 is -12.1. The number of aromatic amines is 2. The average Bonchev–Trinajstić information content (AvgIpc) is 2.54. The molecular formula is C14H16Cr2N2O7. The van der Waals surface area contributed by atoms with Crippen molar-refractivity contribution in [1.29, 1.82) is 0 Å². The van der Waals surface area contributed by atoms with Gasteiger partial charge in [-0.25, -0.2) is 9.97 Å². The van der Waals surface area contributed by atoms with Gasteiger partial charge in [0.1, 0.15) is 0 Å². The Labute approximate surface area is 149 Å². The number of pyridine rings is 2. The van der Waals surface area contributed by atoms with Gasteiger partial charge in [-0.15, -0.1) is 0 Å². The first-order valence-electron chi connectivity index (χ1n) is 6.37. The van der Waals surface area contributed by atoms with Crippen LogP contribution in [0.15, 0.2) is 62.2 Å². The molecule has 2 aromatic heterocycles. The second kappa shape index (κ2) is 11.5. The van der Waals surface area contributed by atoms with E-state index in [0.29, 0.717) is 0 Å². The van der Waals surface area contributed by atoms with Crippen LogP contribution in [0, 0.1) is 0 Å². The first-order chi connectivity index (χ1) is 11.6. The quantitative estimate of drug-likeness (QED) is 0.628. The van der Waals surface area contributed by atoms with Crippen LogP contribution in [0.2, 0.25) is 0 Å². The molecule has 2 aromatic rings. The number of nitrogens with one attached hydrogen (secondary N) is 2. The molecule has 0 spiro atoms. The first-order valence-corrected chi connectivity index (χ1v) is 10.5. The van der Waals surface area contributed by atoms with E-state index in [4.69, 9.17) is 0 Å². The summed E-state index contributed by atoms with van der Waals surface area (Å²) in [4.78, 5) is 5.84. The molecule has 0 bridgehead atoms. The van der Waals surface area contributed by atoms with Gasteiger partial charge in [0.05, 0.1) is 0 Å². The van der Waals surface area contributed by atoms with Crippen molar-refractivity contribution in [2.24, 2.45) is 0 Å². The maximum atomic E-state index is 9.38. The third kappa shape index (κ3) is 15.2. The van der Waals surface area contributed by atoms with Crippen LogP contribution in [0.1, 0.15) is 11.1 Å². The minimum absolute atomic E-state index is 1.14. The molecule has 11 heteroatoms. The number of hydrogen-bond donors (Lipinski definition) is 0. The zero-order chi connectivity index (χ0) is 19.3. The predicted molar refractivity (Wildman–Crippen MR) is 70.0 cm³/mol. The molecule has 0 aliphatic carbocycles. The van der Waals surface area contributed by atoms with E-state index >= 15 is 0 Å². The third-order valence-electron chi connectivity index (χ3n) is 2.13. The Morgan fingerprint density at radius 3 is 1.16 bits per heavy atom. The standard InChI is InChI=1S/2C7H7N.2Cr.7O/c2*1-2-7-3-5-8-6-4-7;;;;;;;;;/h2*2-6H,1H2;;;;;;;;;/q;;;;;;;;;2*-1/p+2. The molecule has 0 amide bonds. The van der Waals surface area contributed by atoms with E-state index in [-0.39, 0.29) is 0 Å². The Hall–Kier alpha value is -2.08. The fraction of sp³-hybridized carbons (Fsp3) is 0. The van der Waals surface area contributed by atoms with Gasteiger partial charge < -0.3 is 0 Å². The van der Waals surface area contributed by atoms with Gasteiger partial charge in [0.2, 0.25) is 0 Å². The molecule has 2 heterocycles. The van der Waals surface area contributed by atoms with Crippen molar-refractivity contribution >= 4 is 12.2 Å². The Morgan fingerprint density at radius 1 is 0.760 bits per heavy atom. The monoisotopic (exact) mass is 428 g/mol. The van der Waals surface area contributed by atoms with Crippen LogP contribution in [0.4, 0.5) is 0 Å². The second-order valence-corrected chi connectivity index (χ2v) is 7.60. The molecular weight excluding hydrogens is 412 g/mol. The van der Waals surface area contributed by atoms with Gasteiger partial charge in [-0.3, -0.25) is 0 Å². The Kier molecular flexibility index (Phi) is 10.5. The minimum atomic E-state index is -6.07. The molecule has 0 unspecified atom stereocenters. The number of rotatable bonds is 4. The van der Waals surface area contributed by atoms with Crippen molar-refractivity contribution in [1.82, 2.24) is 0 Å². The number of hydrogen-bond acceptors (Lipinski definition) is 7. The summed E-state index contributed by atoms with van der Waals surface area (Å²) in [6.45, 7) is 7.23. The summed E-state index contributed by atoms with van der Waals surface area (Å²) in [6, 6.07) is 7.86. The van der Waals surface area contributed by atoms with Crippen LogP contribution in [0.25, 0.3) is 12.2 Å². The summed E-state index contributed by atoms with van der Waals surface area (Å²) in [5.41, 5.74) is 2.28. The van der Waals surface area contributed by atoms with Crippen molar-refractivity contribution in [2.75, 3.05) is 0 Å². The van der Waals surface area contributed by atoms with Crippen LogP contribution in [0.5, 0.6) is 0 Å². The average molecular weight is 428 g/mol. The van der Waals surface area contributed by atoms with Gasteiger partial charge >= 0.3 is 53.6 Å². The van der Waals surface area contributed by atoms with Gasteiger partial charge in [-0.05, 0) is 11.1 Å². The molecule has 0 aromatic carbocycles. The third-order valence-corrected chi connectivity index (χ3v) is 4.79. The molecule has 0 radical (unpaired) electrons. The predicted octanol–water partition coefficient (Wildman–Crippen LogP) is -0.639. The molecule has 2 rings (SSSR count). The maximum absolute atomic E-state index is 9.38. The van der Waals surface area contributed by atoms with Crippen LogP contribution >= 0.6 is 0 Å². The van der Waals surface area contributed by atoms with Crippen molar-refractivity contribution in [3.05, 3.63) is 73.3 Å². The molecule has 0 aliphatic heterocycles. The molecule has 0 fully saturated rings. The van der Waals surface area contributed by atoms with E-state index in [0.717, 1.165) is 11.1 Å². The molecule has 0 atom stereocenters. The topological polar surface area (TPSA) is 152 Å². The Morgan fingerprint density at radius 2 is 1.04 bits per heavy atom. The van der Waals surface area contributed by atoms with Crippen LogP contribution < -0.4 is 18.3 Å². The van der Waals surface area contributed by atoms with E-state index in [2.05, 4.69) is 26.0 Å². The second-order valence-electron chi connectivity index (χ2n) is 3.96. The molecule has 9 nitrogen and oxygen atoms in total. The van der Waals surface area contributed by atoms with E-state index in [1.807, 2.05) is 61.2 Å². The van der Waals surface area contributed by atoms with Gasteiger partial charge in [-0.2, -0.15) is 0 Å². The fourth-order valence-corrected chi connectivity index (χ4v) is 2.81. The van der Waals surface area contributed by atoms with Crippen LogP contribution in [0.3, 0.4) is 0 Å². The summed E-state index contributed by atoms with van der Waals surface area (Å²) in [5.74, 6) is 0. The van der Waals surface area contributed by atoms with Gasteiger partial charge in [0.25, 0.3) is 0 Å². The molecule has 2 N–H and O–H groups in total. The van der Waals surface area contributed by atoms with Crippen molar-refractivity contribution in [3.8, 4) is 0 Å². The molecule has 0 aliphatic rings. The van der Waals surface area contributed by atoms with Gasteiger partial charge in [0, 0.05) is 24.3 Å². The van der Waals surface area contributed by atoms with Crippen molar-refractivity contribution in [2.45, 2.75) is 0 Å². The summed E-state index contributed by atoms with van der Waals surface area (Å²) < 4.78 is 58.9. The van der Waals surface area contributed by atoms with Crippen molar-refractivity contribution in [3.63, 3.8) is 0 Å². The van der Waals surface area contributed by atoms with E-state index < -0.39 is 27.2 Å². The van der Waals surface area contributed by atoms with E-state index in [9.17, 15) is 23.5 Å².